The van der Waals surface area contributed by atoms with E-state index in [-0.39, 0.29) is 5.56 Å². The summed E-state index contributed by atoms with van der Waals surface area (Å²) in [6.45, 7) is 12.7. The minimum Gasteiger partial charge on any atom is -0.497 e. The average molecular weight is 603 g/mol. The number of aromatic nitrogens is 3. The molecule has 238 valence electrons. The van der Waals surface area contributed by atoms with Gasteiger partial charge in [0.05, 0.1) is 12.6 Å². The molecule has 1 aliphatic heterocycles. The molecule has 7 nitrogen and oxygen atoms in total. The van der Waals surface area contributed by atoms with Crippen LogP contribution >= 0.6 is 0 Å². The van der Waals surface area contributed by atoms with E-state index >= 15 is 0 Å². The number of halogens is 3. The number of imidazole rings is 1. The second-order valence-corrected chi connectivity index (χ2v) is 12.7. The van der Waals surface area contributed by atoms with Crippen molar-refractivity contribution in [2.75, 3.05) is 45.2 Å². The predicted molar refractivity (Wildman–Crippen MR) is 168 cm³/mol. The molecule has 1 N–H and O–H groups in total. The van der Waals surface area contributed by atoms with Crippen molar-refractivity contribution < 1.29 is 17.9 Å². The molecular formula is C33H49F3N6O. The number of hydrogen-bond acceptors (Lipinski definition) is 6. The third-order valence-electron chi connectivity index (χ3n) is 8.26. The fraction of sp³-hybridized carbons (Fsp3) is 0.636. The summed E-state index contributed by atoms with van der Waals surface area (Å²) in [5.74, 6) is 1.93. The van der Waals surface area contributed by atoms with E-state index in [0.29, 0.717) is 61.4 Å². The number of piperidine rings is 1. The maximum absolute atomic E-state index is 14.8. The van der Waals surface area contributed by atoms with Gasteiger partial charge in [0.1, 0.15) is 11.8 Å². The summed E-state index contributed by atoms with van der Waals surface area (Å²) in [5.41, 5.74) is 2.04. The standard InChI is InChI=1S/C33H49F3N6O/c1-24(2)14-20-41(21-15-25(3)4)30(33(34,35)36)26-22-29-31(37-23-26)39-32(38-27-10-12-28(43-5)13-11-27)42(29)19-9-18-40-16-7-6-8-17-40/h10-13,22-25,30H,6-9,14-21H2,1-5H3,(H,37,38,39). The Bertz CT molecular complexity index is 1260. The topological polar surface area (TPSA) is 58.5 Å². The van der Waals surface area contributed by atoms with Crippen molar-refractivity contribution in [2.24, 2.45) is 11.8 Å². The number of hydrogen-bond donors (Lipinski definition) is 1. The summed E-state index contributed by atoms with van der Waals surface area (Å²) < 4.78 is 51.8. The minimum absolute atomic E-state index is 0.167. The molecule has 0 spiro atoms. The summed E-state index contributed by atoms with van der Waals surface area (Å²) in [4.78, 5) is 13.3. The Kier molecular flexibility index (Phi) is 11.7. The molecule has 1 unspecified atom stereocenters. The van der Waals surface area contributed by atoms with Crippen molar-refractivity contribution in [3.05, 3.63) is 42.1 Å². The number of benzene rings is 1. The van der Waals surface area contributed by atoms with Crippen LogP contribution in [0, 0.1) is 11.8 Å². The number of alkyl halides is 3. The highest BCUT2D eigenvalue weighted by molar-refractivity contribution is 5.77. The largest absolute Gasteiger partial charge is 0.497 e. The van der Waals surface area contributed by atoms with Gasteiger partial charge in [0.25, 0.3) is 0 Å². The number of ether oxygens (including phenoxy) is 1. The lowest BCUT2D eigenvalue weighted by molar-refractivity contribution is -0.187. The van der Waals surface area contributed by atoms with Crippen molar-refractivity contribution >= 4 is 22.8 Å². The van der Waals surface area contributed by atoms with Gasteiger partial charge in [0.2, 0.25) is 5.95 Å². The zero-order chi connectivity index (χ0) is 31.0. The van der Waals surface area contributed by atoms with Crippen molar-refractivity contribution in [2.45, 2.75) is 85.0 Å². The van der Waals surface area contributed by atoms with Crippen molar-refractivity contribution in [3.63, 3.8) is 0 Å². The van der Waals surface area contributed by atoms with Crippen LogP contribution in [0.1, 0.15) is 77.8 Å². The Hall–Kier alpha value is -2.85. The highest BCUT2D eigenvalue weighted by Gasteiger charge is 2.45. The molecule has 1 atom stereocenters. The molecule has 0 radical (unpaired) electrons. The second kappa shape index (κ2) is 15.2. The molecule has 1 fully saturated rings. The average Bonchev–Trinajstić information content (AvgIpc) is 3.30. The van der Waals surface area contributed by atoms with Gasteiger partial charge in [-0.15, -0.1) is 0 Å². The van der Waals surface area contributed by atoms with Gasteiger partial charge in [-0.1, -0.05) is 34.1 Å². The molecule has 0 saturated carbocycles. The molecule has 1 saturated heterocycles. The lowest BCUT2D eigenvalue weighted by atomic mass is 10.0. The molecule has 1 aromatic carbocycles. The molecule has 3 aromatic rings. The zero-order valence-electron chi connectivity index (χ0n) is 26.5. The maximum Gasteiger partial charge on any atom is 0.408 e. The highest BCUT2D eigenvalue weighted by atomic mass is 19.4. The monoisotopic (exact) mass is 602 g/mol. The van der Waals surface area contributed by atoms with Gasteiger partial charge in [-0.3, -0.25) is 4.90 Å². The second-order valence-electron chi connectivity index (χ2n) is 12.7. The Morgan fingerprint density at radius 1 is 0.953 bits per heavy atom. The normalized spacial score (nSPS) is 15.6. The first kappa shape index (κ1) is 33.1. The number of aryl methyl sites for hydroxylation is 1. The molecule has 4 rings (SSSR count). The lowest BCUT2D eigenvalue weighted by Gasteiger charge is -2.34. The molecule has 1 aliphatic rings. The third kappa shape index (κ3) is 9.32. The van der Waals surface area contributed by atoms with Gasteiger partial charge < -0.3 is 19.5 Å². The maximum atomic E-state index is 14.8. The van der Waals surface area contributed by atoms with Crippen LogP contribution in [0.2, 0.25) is 0 Å². The number of fused-ring (bicyclic) bond motifs is 1. The molecule has 2 aromatic heterocycles. The van der Waals surface area contributed by atoms with Crippen molar-refractivity contribution in [3.8, 4) is 5.75 Å². The Morgan fingerprint density at radius 3 is 2.19 bits per heavy atom. The summed E-state index contributed by atoms with van der Waals surface area (Å²) >= 11 is 0. The van der Waals surface area contributed by atoms with Gasteiger partial charge in [-0.2, -0.15) is 18.2 Å². The Labute approximate surface area is 254 Å². The van der Waals surface area contributed by atoms with Crippen LogP contribution in [0.25, 0.3) is 11.2 Å². The first-order chi connectivity index (χ1) is 20.5. The van der Waals surface area contributed by atoms with E-state index in [0.717, 1.165) is 37.5 Å². The van der Waals surface area contributed by atoms with Crippen LogP contribution in [0.5, 0.6) is 5.75 Å². The molecule has 10 heteroatoms. The van der Waals surface area contributed by atoms with Gasteiger partial charge in [-0.05, 0) is 113 Å². The number of anilines is 2. The number of methoxy groups -OCH3 is 1. The molecule has 0 aliphatic carbocycles. The van der Waals surface area contributed by atoms with E-state index in [4.69, 9.17) is 9.72 Å². The molecule has 0 amide bonds. The lowest BCUT2D eigenvalue weighted by Crippen LogP contribution is -2.40. The van der Waals surface area contributed by atoms with E-state index in [1.165, 1.54) is 25.5 Å². The third-order valence-corrected chi connectivity index (χ3v) is 8.26. The van der Waals surface area contributed by atoms with E-state index < -0.39 is 12.2 Å². The minimum atomic E-state index is -4.44. The van der Waals surface area contributed by atoms with Crippen molar-refractivity contribution in [1.29, 1.82) is 0 Å². The first-order valence-electron chi connectivity index (χ1n) is 15.9. The molecule has 43 heavy (non-hydrogen) atoms. The first-order valence-corrected chi connectivity index (χ1v) is 15.9. The highest BCUT2D eigenvalue weighted by Crippen LogP contribution is 2.39. The number of pyridine rings is 1. The van der Waals surface area contributed by atoms with Gasteiger partial charge in [0.15, 0.2) is 5.65 Å². The van der Waals surface area contributed by atoms with Crippen LogP contribution in [0.3, 0.4) is 0 Å². The number of rotatable bonds is 15. The van der Waals surface area contributed by atoms with Crippen LogP contribution in [-0.2, 0) is 6.54 Å². The van der Waals surface area contributed by atoms with Crippen LogP contribution in [-0.4, -0.2) is 70.3 Å². The number of likely N-dealkylation sites (tertiary alicyclic amines) is 1. The molecule has 3 heterocycles. The van der Waals surface area contributed by atoms with E-state index in [1.807, 2.05) is 28.8 Å². The zero-order valence-corrected chi connectivity index (χ0v) is 26.5. The fourth-order valence-electron chi connectivity index (χ4n) is 5.76. The Balaban J connectivity index is 1.70. The predicted octanol–water partition coefficient (Wildman–Crippen LogP) is 8.06. The van der Waals surface area contributed by atoms with Gasteiger partial charge >= 0.3 is 6.18 Å². The van der Waals surface area contributed by atoms with E-state index in [1.54, 1.807) is 18.1 Å². The fourth-order valence-corrected chi connectivity index (χ4v) is 5.76. The summed E-state index contributed by atoms with van der Waals surface area (Å²) in [6, 6.07) is 7.46. The summed E-state index contributed by atoms with van der Waals surface area (Å²) in [5, 5.41) is 3.38. The molecule has 0 bridgehead atoms. The van der Waals surface area contributed by atoms with E-state index in [2.05, 4.69) is 42.9 Å². The molecular weight excluding hydrogens is 553 g/mol. The van der Waals surface area contributed by atoms with Gasteiger partial charge in [-0.25, -0.2) is 4.98 Å². The smallest absolute Gasteiger partial charge is 0.408 e. The van der Waals surface area contributed by atoms with Gasteiger partial charge in [0, 0.05) is 18.4 Å². The SMILES string of the molecule is COc1ccc(Nc2nc3ncc(C(N(CCC(C)C)CCC(C)C)C(F)(F)F)cc3n2CCCN2CCCCC2)cc1. The number of nitrogens with zero attached hydrogens (tertiary/aromatic N) is 5. The van der Waals surface area contributed by atoms with Crippen molar-refractivity contribution in [1.82, 2.24) is 24.3 Å². The summed E-state index contributed by atoms with van der Waals surface area (Å²) in [7, 11) is 1.62. The summed E-state index contributed by atoms with van der Waals surface area (Å²) in [6.07, 6.45) is 2.91. The van der Waals surface area contributed by atoms with Crippen LogP contribution in [0.4, 0.5) is 24.8 Å². The Morgan fingerprint density at radius 2 is 1.60 bits per heavy atom. The van der Waals surface area contributed by atoms with Crippen LogP contribution < -0.4 is 10.1 Å². The van der Waals surface area contributed by atoms with Crippen LogP contribution in [0.15, 0.2) is 36.5 Å². The number of nitrogens with one attached hydrogen (secondary N) is 1. The quantitative estimate of drug-likeness (QED) is 0.190. The van der Waals surface area contributed by atoms with E-state index in [9.17, 15) is 13.2 Å².